The summed E-state index contributed by atoms with van der Waals surface area (Å²) in [7, 11) is 0. The normalized spacial score (nSPS) is 14.4. The van der Waals surface area contributed by atoms with Gasteiger partial charge in [-0.3, -0.25) is 19.2 Å². The molecule has 6 rings (SSSR count). The lowest BCUT2D eigenvalue weighted by molar-refractivity contribution is -0.143. The minimum Gasteiger partial charge on any atom is -0.480 e. The Bertz CT molecular complexity index is 2000. The lowest BCUT2D eigenvalue weighted by Crippen LogP contribution is -2.57. The molecule has 2 atom stereocenters. The number of ether oxygens (including phenoxy) is 2. The molecule has 1 aliphatic carbocycles. The standard InChI is InChI=1S/C37H34Cl2N4O9/c1-19(2)33(42-34(46)22-7-8-30-31(13-22)52-18-51-30)36(47)43(26-11-20-5-3-4-6-21(20)12-26)16-32(45)40-27(37(48)49)15-29(44)35-41-28(17-50-35)23-9-24(38)14-25(39)10-23/h3-10,13-14,17,19,26-27,33H,11-12,15-16,18H2,1-2H3,(H,40,45)(H,42,46)(H,48,49)/t27-,33-/m0/s1. The SMILES string of the molecule is CC(C)[C@H](NC(=O)c1ccc2c(c1)OCO2)C(=O)N(CC(=O)N[C@@H](CC(=O)c1nc(-c2cc(Cl)cc(Cl)c2)co1)C(=O)O)C1Cc2ccccc2C1. The maximum Gasteiger partial charge on any atom is 0.326 e. The summed E-state index contributed by atoms with van der Waals surface area (Å²) in [6.45, 7) is 3.04. The van der Waals surface area contributed by atoms with Crippen molar-refractivity contribution in [2.45, 2.75) is 51.2 Å². The number of hydrogen-bond acceptors (Lipinski definition) is 9. The fourth-order valence-electron chi connectivity index (χ4n) is 6.20. The van der Waals surface area contributed by atoms with Gasteiger partial charge < -0.3 is 34.5 Å². The first-order chi connectivity index (χ1) is 24.9. The van der Waals surface area contributed by atoms with Crippen LogP contribution in [0.1, 0.15) is 52.4 Å². The van der Waals surface area contributed by atoms with Crippen molar-refractivity contribution in [1.29, 1.82) is 0 Å². The largest absolute Gasteiger partial charge is 0.480 e. The Morgan fingerprint density at radius 3 is 2.25 bits per heavy atom. The van der Waals surface area contributed by atoms with Crippen molar-refractivity contribution in [1.82, 2.24) is 20.5 Å². The van der Waals surface area contributed by atoms with E-state index in [1.165, 1.54) is 23.3 Å². The van der Waals surface area contributed by atoms with Gasteiger partial charge in [-0.1, -0.05) is 61.3 Å². The van der Waals surface area contributed by atoms with Crippen molar-refractivity contribution in [3.05, 3.63) is 99.6 Å². The number of hydrogen-bond donors (Lipinski definition) is 3. The number of fused-ring (bicyclic) bond motifs is 2. The summed E-state index contributed by atoms with van der Waals surface area (Å²) in [6, 6.07) is 13.9. The number of carbonyl (C=O) groups is 5. The van der Waals surface area contributed by atoms with Crippen molar-refractivity contribution in [2.75, 3.05) is 13.3 Å². The van der Waals surface area contributed by atoms with Crippen LogP contribution < -0.4 is 20.1 Å². The van der Waals surface area contributed by atoms with Crippen LogP contribution in [0.15, 0.2) is 71.3 Å². The number of carbonyl (C=O) groups excluding carboxylic acids is 4. The third kappa shape index (κ3) is 8.21. The molecule has 3 N–H and O–H groups in total. The number of aliphatic carboxylic acids is 1. The molecule has 2 aliphatic rings. The fourth-order valence-corrected chi connectivity index (χ4v) is 6.73. The van der Waals surface area contributed by atoms with E-state index in [2.05, 4.69) is 15.6 Å². The molecule has 0 saturated carbocycles. The second-order valence-electron chi connectivity index (χ2n) is 12.8. The summed E-state index contributed by atoms with van der Waals surface area (Å²) in [5.74, 6) is -3.97. The molecule has 0 saturated heterocycles. The lowest BCUT2D eigenvalue weighted by atomic mass is 10.00. The van der Waals surface area contributed by atoms with Crippen molar-refractivity contribution in [3.8, 4) is 22.8 Å². The first kappa shape index (κ1) is 36.4. The van der Waals surface area contributed by atoms with E-state index in [0.717, 1.165) is 11.1 Å². The minimum atomic E-state index is -1.67. The number of Topliss-reactive ketones (excluding diaryl/α,β-unsaturated/α-hetero) is 1. The summed E-state index contributed by atoms with van der Waals surface area (Å²) >= 11 is 12.1. The molecule has 4 aromatic rings. The van der Waals surface area contributed by atoms with E-state index < -0.39 is 66.5 Å². The van der Waals surface area contributed by atoms with Crippen molar-refractivity contribution >= 4 is 52.7 Å². The number of halogens is 2. The van der Waals surface area contributed by atoms with Gasteiger partial charge in [0.25, 0.3) is 11.8 Å². The van der Waals surface area contributed by atoms with Gasteiger partial charge in [-0.05, 0) is 66.3 Å². The zero-order chi connectivity index (χ0) is 37.1. The number of amides is 3. The predicted molar refractivity (Wildman–Crippen MR) is 188 cm³/mol. The molecular weight excluding hydrogens is 715 g/mol. The molecule has 15 heteroatoms. The molecule has 0 spiro atoms. The van der Waals surface area contributed by atoms with Gasteiger partial charge in [0, 0.05) is 33.6 Å². The van der Waals surface area contributed by atoms with Gasteiger partial charge >= 0.3 is 5.97 Å². The summed E-state index contributed by atoms with van der Waals surface area (Å²) in [6.07, 6.45) is 1.42. The van der Waals surface area contributed by atoms with E-state index in [1.807, 2.05) is 24.3 Å². The Hall–Kier alpha value is -5.40. The number of carboxylic acids is 1. The summed E-state index contributed by atoms with van der Waals surface area (Å²) < 4.78 is 16.0. The fraction of sp³-hybridized carbons (Fsp3) is 0.297. The van der Waals surface area contributed by atoms with Crippen molar-refractivity contribution < 1.29 is 43.0 Å². The first-order valence-corrected chi connectivity index (χ1v) is 17.2. The number of benzene rings is 3. The molecule has 3 amide bonds. The highest BCUT2D eigenvalue weighted by Crippen LogP contribution is 2.33. The lowest BCUT2D eigenvalue weighted by Gasteiger charge is -2.34. The molecule has 0 radical (unpaired) electrons. The summed E-state index contributed by atoms with van der Waals surface area (Å²) in [5, 5.41) is 15.9. The highest BCUT2D eigenvalue weighted by atomic mass is 35.5. The van der Waals surface area contributed by atoms with Crippen LogP contribution in [0.4, 0.5) is 0 Å². The van der Waals surface area contributed by atoms with E-state index in [9.17, 15) is 29.1 Å². The van der Waals surface area contributed by atoms with E-state index >= 15 is 0 Å². The number of oxazole rings is 1. The zero-order valence-electron chi connectivity index (χ0n) is 28.1. The Morgan fingerprint density at radius 1 is 0.923 bits per heavy atom. The Morgan fingerprint density at radius 2 is 1.60 bits per heavy atom. The average Bonchev–Trinajstić information content (AvgIpc) is 3.88. The van der Waals surface area contributed by atoms with Crippen LogP contribution in [0.25, 0.3) is 11.3 Å². The second kappa shape index (κ2) is 15.5. The van der Waals surface area contributed by atoms with Crippen LogP contribution in [0.2, 0.25) is 10.0 Å². The van der Waals surface area contributed by atoms with Gasteiger partial charge in [-0.15, -0.1) is 0 Å². The maximum atomic E-state index is 14.3. The molecule has 13 nitrogen and oxygen atoms in total. The molecule has 1 aliphatic heterocycles. The third-order valence-corrected chi connectivity index (χ3v) is 9.28. The number of aromatic nitrogens is 1. The zero-order valence-corrected chi connectivity index (χ0v) is 29.6. The van der Waals surface area contributed by atoms with Crippen molar-refractivity contribution in [3.63, 3.8) is 0 Å². The van der Waals surface area contributed by atoms with Gasteiger partial charge in [0.2, 0.25) is 24.4 Å². The predicted octanol–water partition coefficient (Wildman–Crippen LogP) is 4.97. The molecule has 1 aromatic heterocycles. The van der Waals surface area contributed by atoms with Crippen LogP contribution in [-0.4, -0.2) is 75.9 Å². The summed E-state index contributed by atoms with van der Waals surface area (Å²) in [5.41, 5.74) is 3.00. The number of rotatable bonds is 13. The number of nitrogens with one attached hydrogen (secondary N) is 2. The monoisotopic (exact) mass is 748 g/mol. The van der Waals surface area contributed by atoms with Gasteiger partial charge in [-0.2, -0.15) is 0 Å². The smallest absolute Gasteiger partial charge is 0.326 e. The van der Waals surface area contributed by atoms with Crippen LogP contribution in [0, 0.1) is 5.92 Å². The van der Waals surface area contributed by atoms with Gasteiger partial charge in [-0.25, -0.2) is 9.78 Å². The summed E-state index contributed by atoms with van der Waals surface area (Å²) in [4.78, 5) is 72.2. The van der Waals surface area contributed by atoms with E-state index in [4.69, 9.17) is 37.1 Å². The van der Waals surface area contributed by atoms with Gasteiger partial charge in [0.1, 0.15) is 24.0 Å². The molecule has 3 aromatic carbocycles. The highest BCUT2D eigenvalue weighted by molar-refractivity contribution is 6.35. The van der Waals surface area contributed by atoms with E-state index in [0.29, 0.717) is 39.9 Å². The Balaban J connectivity index is 1.18. The number of nitrogens with zero attached hydrogens (tertiary/aromatic N) is 2. The Kier molecular flexibility index (Phi) is 10.8. The quantitative estimate of drug-likeness (QED) is 0.158. The van der Waals surface area contributed by atoms with Crippen LogP contribution in [-0.2, 0) is 27.2 Å². The maximum absolute atomic E-state index is 14.3. The third-order valence-electron chi connectivity index (χ3n) is 8.85. The number of carboxylic acid groups (broad SMARTS) is 1. The molecule has 0 fully saturated rings. The number of ketones is 1. The molecule has 270 valence electrons. The molecule has 0 bridgehead atoms. The van der Waals surface area contributed by atoms with E-state index in [-0.39, 0.29) is 23.9 Å². The minimum absolute atomic E-state index is 0.0333. The first-order valence-electron chi connectivity index (χ1n) is 16.4. The van der Waals surface area contributed by atoms with Crippen LogP contribution in [0.5, 0.6) is 11.5 Å². The molecule has 52 heavy (non-hydrogen) atoms. The van der Waals surface area contributed by atoms with E-state index in [1.54, 1.807) is 38.1 Å². The van der Waals surface area contributed by atoms with Crippen LogP contribution in [0.3, 0.4) is 0 Å². The molecule has 2 heterocycles. The Labute approximate surface area is 308 Å². The van der Waals surface area contributed by atoms with Crippen molar-refractivity contribution in [2.24, 2.45) is 5.92 Å². The average molecular weight is 750 g/mol. The molecular formula is C37H34Cl2N4O9. The highest BCUT2D eigenvalue weighted by Gasteiger charge is 2.37. The molecule has 0 unspecified atom stereocenters. The van der Waals surface area contributed by atoms with Gasteiger partial charge in [0.15, 0.2) is 11.5 Å². The van der Waals surface area contributed by atoms with Gasteiger partial charge in [0.05, 0.1) is 6.54 Å². The second-order valence-corrected chi connectivity index (χ2v) is 13.7. The van der Waals surface area contributed by atoms with Crippen LogP contribution >= 0.6 is 23.2 Å². The topological polar surface area (TPSA) is 177 Å².